The molecule has 3 rings (SSSR count). The van der Waals surface area contributed by atoms with Gasteiger partial charge in [0.1, 0.15) is 6.33 Å². The Kier molecular flexibility index (Phi) is 2.43. The summed E-state index contributed by atoms with van der Waals surface area (Å²) in [4.78, 5) is 8.04. The van der Waals surface area contributed by atoms with Crippen molar-refractivity contribution in [3.8, 4) is 0 Å². The molecule has 1 aromatic rings. The van der Waals surface area contributed by atoms with Gasteiger partial charge in [-0.15, -0.1) is 0 Å². The van der Waals surface area contributed by atoms with Crippen LogP contribution in [-0.2, 0) is 5.60 Å². The Morgan fingerprint density at radius 2 is 1.88 bits per heavy atom. The Morgan fingerprint density at radius 3 is 2.56 bits per heavy atom. The number of hydrogen-bond donors (Lipinski definition) is 1. The predicted octanol–water partition coefficient (Wildman–Crippen LogP) is 2.26. The molecule has 16 heavy (non-hydrogen) atoms. The van der Waals surface area contributed by atoms with Crippen LogP contribution in [0.2, 0.25) is 0 Å². The third kappa shape index (κ3) is 1.84. The first kappa shape index (κ1) is 10.2. The minimum absolute atomic E-state index is 0.660. The van der Waals surface area contributed by atoms with Crippen LogP contribution >= 0.6 is 0 Å². The van der Waals surface area contributed by atoms with Crippen LogP contribution in [0.3, 0.4) is 0 Å². The first-order valence-electron chi connectivity index (χ1n) is 6.26. The summed E-state index contributed by atoms with van der Waals surface area (Å²) in [5.74, 6) is 1.61. The molecule has 86 valence electrons. The highest BCUT2D eigenvalue weighted by molar-refractivity contribution is 5.15. The Bertz CT molecular complexity index is 363. The summed E-state index contributed by atoms with van der Waals surface area (Å²) in [6, 6.07) is 0. The average Bonchev–Trinajstić information content (AvgIpc) is 3.14. The van der Waals surface area contributed by atoms with Crippen molar-refractivity contribution in [2.75, 3.05) is 0 Å². The van der Waals surface area contributed by atoms with Gasteiger partial charge in [-0.2, -0.15) is 0 Å². The molecule has 1 N–H and O–H groups in total. The Morgan fingerprint density at radius 1 is 1.12 bits per heavy atom. The molecule has 2 aliphatic carbocycles. The van der Waals surface area contributed by atoms with Crippen LogP contribution in [0.1, 0.15) is 44.1 Å². The van der Waals surface area contributed by atoms with E-state index in [1.165, 1.54) is 25.6 Å². The smallest absolute Gasteiger partial charge is 0.115 e. The fraction of sp³-hybridized carbons (Fsp3) is 0.692. The van der Waals surface area contributed by atoms with E-state index in [1.54, 1.807) is 12.4 Å². The average molecular weight is 218 g/mol. The highest BCUT2D eigenvalue weighted by atomic mass is 16.3. The monoisotopic (exact) mass is 218 g/mol. The molecule has 0 amide bonds. The van der Waals surface area contributed by atoms with E-state index >= 15 is 0 Å². The molecule has 2 saturated carbocycles. The van der Waals surface area contributed by atoms with E-state index in [0.717, 1.165) is 36.7 Å². The second kappa shape index (κ2) is 3.81. The first-order chi connectivity index (χ1) is 7.78. The predicted molar refractivity (Wildman–Crippen MR) is 60.6 cm³/mol. The van der Waals surface area contributed by atoms with Crippen LogP contribution in [0, 0.1) is 11.8 Å². The lowest BCUT2D eigenvalue weighted by molar-refractivity contribution is -0.0256. The summed E-state index contributed by atoms with van der Waals surface area (Å²) < 4.78 is 0. The maximum atomic E-state index is 10.7. The lowest BCUT2D eigenvalue weighted by atomic mass is 9.73. The van der Waals surface area contributed by atoms with Gasteiger partial charge in [-0.3, -0.25) is 0 Å². The van der Waals surface area contributed by atoms with E-state index in [9.17, 15) is 5.11 Å². The minimum Gasteiger partial charge on any atom is -0.385 e. The molecule has 0 bridgehead atoms. The van der Waals surface area contributed by atoms with Gasteiger partial charge in [-0.25, -0.2) is 9.97 Å². The van der Waals surface area contributed by atoms with Crippen LogP contribution in [0.4, 0.5) is 0 Å². The third-order valence-electron chi connectivity index (χ3n) is 4.15. The highest BCUT2D eigenvalue weighted by Gasteiger charge is 2.42. The molecule has 2 unspecified atom stereocenters. The summed E-state index contributed by atoms with van der Waals surface area (Å²) in [5.41, 5.74) is 0.243. The van der Waals surface area contributed by atoms with Crippen LogP contribution in [0.25, 0.3) is 0 Å². The van der Waals surface area contributed by atoms with Crippen molar-refractivity contribution < 1.29 is 5.11 Å². The fourth-order valence-electron chi connectivity index (χ4n) is 3.07. The van der Waals surface area contributed by atoms with E-state index in [4.69, 9.17) is 0 Å². The molecular formula is C13H18N2O. The molecule has 3 nitrogen and oxygen atoms in total. The molecule has 0 aromatic carbocycles. The van der Waals surface area contributed by atoms with Crippen LogP contribution in [0.15, 0.2) is 18.7 Å². The number of nitrogens with zero attached hydrogens (tertiary/aromatic N) is 2. The quantitative estimate of drug-likeness (QED) is 0.828. The lowest BCUT2D eigenvalue weighted by Gasteiger charge is -2.37. The minimum atomic E-state index is -0.660. The number of aliphatic hydroxyl groups is 1. The molecule has 2 fully saturated rings. The van der Waals surface area contributed by atoms with E-state index < -0.39 is 5.60 Å². The van der Waals surface area contributed by atoms with Gasteiger partial charge in [-0.05, 0) is 50.4 Å². The van der Waals surface area contributed by atoms with Gasteiger partial charge in [0, 0.05) is 18.0 Å². The zero-order valence-electron chi connectivity index (χ0n) is 9.47. The van der Waals surface area contributed by atoms with Crippen molar-refractivity contribution >= 4 is 0 Å². The van der Waals surface area contributed by atoms with Crippen molar-refractivity contribution in [1.29, 1.82) is 0 Å². The maximum Gasteiger partial charge on any atom is 0.115 e. The molecular weight excluding hydrogens is 200 g/mol. The van der Waals surface area contributed by atoms with E-state index in [2.05, 4.69) is 9.97 Å². The number of aromatic nitrogens is 2. The van der Waals surface area contributed by atoms with E-state index in [0.29, 0.717) is 0 Å². The number of hydrogen-bond acceptors (Lipinski definition) is 3. The lowest BCUT2D eigenvalue weighted by Crippen LogP contribution is -2.33. The van der Waals surface area contributed by atoms with Gasteiger partial charge in [0.2, 0.25) is 0 Å². The summed E-state index contributed by atoms with van der Waals surface area (Å²) in [6.45, 7) is 0. The molecule has 2 atom stereocenters. The van der Waals surface area contributed by atoms with Gasteiger partial charge in [0.05, 0.1) is 5.60 Å². The van der Waals surface area contributed by atoms with Crippen molar-refractivity contribution in [3.05, 3.63) is 24.3 Å². The maximum absolute atomic E-state index is 10.7. The molecule has 0 spiro atoms. The molecule has 0 saturated heterocycles. The summed E-state index contributed by atoms with van der Waals surface area (Å²) in [6.07, 6.45) is 12.0. The van der Waals surface area contributed by atoms with Gasteiger partial charge < -0.3 is 5.11 Å². The van der Waals surface area contributed by atoms with Gasteiger partial charge >= 0.3 is 0 Å². The Labute approximate surface area is 95.9 Å². The zero-order chi connectivity index (χ0) is 11.0. The number of rotatable bonds is 2. The van der Waals surface area contributed by atoms with Crippen LogP contribution in [0.5, 0.6) is 0 Å². The third-order valence-corrected chi connectivity index (χ3v) is 4.15. The van der Waals surface area contributed by atoms with Crippen molar-refractivity contribution in [1.82, 2.24) is 9.97 Å². The zero-order valence-corrected chi connectivity index (χ0v) is 9.47. The molecule has 1 aromatic heterocycles. The standard InChI is InChI=1S/C13H18N2O/c16-13(12-7-14-9-15-8-12)5-1-2-11(6-13)10-3-4-10/h7-11,16H,1-6H2. The topological polar surface area (TPSA) is 46.0 Å². The van der Waals surface area contributed by atoms with Crippen LogP contribution in [-0.4, -0.2) is 15.1 Å². The Hall–Kier alpha value is -0.960. The second-order valence-corrected chi connectivity index (χ2v) is 5.35. The first-order valence-corrected chi connectivity index (χ1v) is 6.26. The normalized spacial score (nSPS) is 34.9. The van der Waals surface area contributed by atoms with Gasteiger partial charge in [0.25, 0.3) is 0 Å². The largest absolute Gasteiger partial charge is 0.385 e. The molecule has 2 aliphatic rings. The SMILES string of the molecule is OC1(c2cncnc2)CCCC(C2CC2)C1. The summed E-state index contributed by atoms with van der Waals surface area (Å²) in [7, 11) is 0. The highest BCUT2D eigenvalue weighted by Crippen LogP contribution is 2.49. The summed E-state index contributed by atoms with van der Waals surface area (Å²) in [5, 5.41) is 10.7. The Balaban J connectivity index is 1.81. The molecule has 3 heteroatoms. The van der Waals surface area contributed by atoms with Crippen molar-refractivity contribution in [3.63, 3.8) is 0 Å². The molecule has 0 radical (unpaired) electrons. The summed E-state index contributed by atoms with van der Waals surface area (Å²) >= 11 is 0. The van der Waals surface area contributed by atoms with Crippen LogP contribution < -0.4 is 0 Å². The van der Waals surface area contributed by atoms with E-state index in [1.807, 2.05) is 0 Å². The van der Waals surface area contributed by atoms with Crippen molar-refractivity contribution in [2.45, 2.75) is 44.1 Å². The van der Waals surface area contributed by atoms with Gasteiger partial charge in [0.15, 0.2) is 0 Å². The van der Waals surface area contributed by atoms with Crippen molar-refractivity contribution in [2.24, 2.45) is 11.8 Å². The second-order valence-electron chi connectivity index (χ2n) is 5.35. The molecule has 1 heterocycles. The molecule has 0 aliphatic heterocycles. The fourth-order valence-corrected chi connectivity index (χ4v) is 3.07. The van der Waals surface area contributed by atoms with Gasteiger partial charge in [-0.1, -0.05) is 0 Å². The van der Waals surface area contributed by atoms with E-state index in [-0.39, 0.29) is 0 Å².